The van der Waals surface area contributed by atoms with Crippen LogP contribution in [0.1, 0.15) is 36.0 Å². The summed E-state index contributed by atoms with van der Waals surface area (Å²) in [6, 6.07) is 12.0. The molecule has 30 heavy (non-hydrogen) atoms. The molecule has 2 aromatic carbocycles. The number of rotatable bonds is 5. The van der Waals surface area contributed by atoms with Crippen LogP contribution in [-0.4, -0.2) is 23.9 Å². The summed E-state index contributed by atoms with van der Waals surface area (Å²) in [5.41, 5.74) is 2.85. The van der Waals surface area contributed by atoms with E-state index in [1.807, 2.05) is 24.3 Å². The van der Waals surface area contributed by atoms with Gasteiger partial charge < -0.3 is 9.64 Å². The van der Waals surface area contributed by atoms with Gasteiger partial charge in [-0.15, -0.1) is 0 Å². The van der Waals surface area contributed by atoms with E-state index in [1.165, 1.54) is 19.2 Å². The first-order chi connectivity index (χ1) is 14.3. The number of hydrogen-bond acceptors (Lipinski definition) is 5. The highest BCUT2D eigenvalue weighted by molar-refractivity contribution is 9.18. The number of fused-ring (bicyclic) bond motifs is 2. The monoisotopic (exact) mass is 536 g/mol. The topological polar surface area (TPSA) is 89.8 Å². The summed E-state index contributed by atoms with van der Waals surface area (Å²) in [4.78, 5) is 36.9. The highest BCUT2D eigenvalue weighted by atomic mass is 79.9. The highest BCUT2D eigenvalue weighted by Crippen LogP contribution is 2.44. The first-order valence-electron chi connectivity index (χ1n) is 9.13. The molecule has 2 aromatic rings. The van der Waals surface area contributed by atoms with Crippen molar-refractivity contribution in [2.24, 2.45) is 0 Å². The average Bonchev–Trinajstić information content (AvgIpc) is 2.75. The minimum absolute atomic E-state index is 0.0443. The van der Waals surface area contributed by atoms with Crippen molar-refractivity contribution in [3.8, 4) is 0 Å². The van der Waals surface area contributed by atoms with Crippen LogP contribution in [0.3, 0.4) is 0 Å². The molecule has 0 saturated carbocycles. The number of carbonyl (C=O) groups excluding carboxylic acids is 2. The van der Waals surface area contributed by atoms with E-state index in [1.54, 1.807) is 11.0 Å². The highest BCUT2D eigenvalue weighted by Gasteiger charge is 2.26. The lowest BCUT2D eigenvalue weighted by atomic mass is 9.99. The lowest BCUT2D eigenvalue weighted by molar-refractivity contribution is -0.384. The Balaban J connectivity index is 2.06. The van der Waals surface area contributed by atoms with E-state index >= 15 is 0 Å². The van der Waals surface area contributed by atoms with E-state index in [0.29, 0.717) is 17.7 Å². The van der Waals surface area contributed by atoms with Crippen molar-refractivity contribution in [2.45, 2.75) is 25.8 Å². The predicted molar refractivity (Wildman–Crippen MR) is 121 cm³/mol. The number of methoxy groups -OCH3 is 1. The van der Waals surface area contributed by atoms with Crippen molar-refractivity contribution in [2.75, 3.05) is 12.0 Å². The molecular formula is C21H18Br2N2O5. The van der Waals surface area contributed by atoms with E-state index in [9.17, 15) is 19.7 Å². The molecule has 0 aromatic heterocycles. The standard InChI is InChI=1S/C21H18Br2N2O5/c1-30-19(27)8-4-7-18(26)24-12-13-11-14(25(28)29)9-10-15(13)20(22)21(23)16-5-2-3-6-17(16)24/h2-3,5-6,9-11H,4,7-8,12H2,1H3/b21-20-. The fourth-order valence-corrected chi connectivity index (χ4v) is 4.42. The van der Waals surface area contributed by atoms with Gasteiger partial charge in [-0.05, 0) is 61.5 Å². The van der Waals surface area contributed by atoms with Crippen molar-refractivity contribution in [3.63, 3.8) is 0 Å². The van der Waals surface area contributed by atoms with Crippen LogP contribution >= 0.6 is 31.9 Å². The van der Waals surface area contributed by atoms with Gasteiger partial charge in [-0.3, -0.25) is 19.7 Å². The minimum Gasteiger partial charge on any atom is -0.469 e. The fraction of sp³-hybridized carbons (Fsp3) is 0.238. The van der Waals surface area contributed by atoms with Crippen LogP contribution in [0.15, 0.2) is 42.5 Å². The number of halogens is 2. The summed E-state index contributed by atoms with van der Waals surface area (Å²) in [5.74, 6) is -0.548. The number of anilines is 1. The van der Waals surface area contributed by atoms with Crippen molar-refractivity contribution >= 4 is 64.1 Å². The molecular weight excluding hydrogens is 520 g/mol. The fourth-order valence-electron chi connectivity index (χ4n) is 3.27. The van der Waals surface area contributed by atoms with Gasteiger partial charge in [0.1, 0.15) is 0 Å². The SMILES string of the molecule is COC(=O)CCCC(=O)N1Cc2cc([N+](=O)[O-])ccc2/C(Br)=C(/Br)c2ccccc21. The molecule has 9 heteroatoms. The Morgan fingerprint density at radius 2 is 1.80 bits per heavy atom. The van der Waals surface area contributed by atoms with Gasteiger partial charge in [-0.25, -0.2) is 0 Å². The number of hydrogen-bond donors (Lipinski definition) is 0. The van der Waals surface area contributed by atoms with Crippen molar-refractivity contribution < 1.29 is 19.2 Å². The van der Waals surface area contributed by atoms with Gasteiger partial charge in [0.15, 0.2) is 0 Å². The number of para-hydroxylation sites is 1. The Morgan fingerprint density at radius 3 is 2.50 bits per heavy atom. The zero-order chi connectivity index (χ0) is 21.8. The van der Waals surface area contributed by atoms with Crippen LogP contribution in [0, 0.1) is 10.1 Å². The minimum atomic E-state index is -0.456. The number of nitrogens with zero attached hydrogens (tertiary/aromatic N) is 2. The Bertz CT molecular complexity index is 1050. The molecule has 1 aliphatic heterocycles. The Kier molecular flexibility index (Phi) is 7.04. The third-order valence-corrected chi connectivity index (χ3v) is 6.97. The summed E-state index contributed by atoms with van der Waals surface area (Å²) in [6.07, 6.45) is 0.651. The lowest BCUT2D eigenvalue weighted by Gasteiger charge is -2.29. The zero-order valence-electron chi connectivity index (χ0n) is 16.1. The summed E-state index contributed by atoms with van der Waals surface area (Å²) in [5, 5.41) is 11.3. The van der Waals surface area contributed by atoms with Crippen LogP contribution in [0.5, 0.6) is 0 Å². The number of benzene rings is 2. The van der Waals surface area contributed by atoms with E-state index < -0.39 is 4.92 Å². The maximum absolute atomic E-state index is 13.1. The largest absolute Gasteiger partial charge is 0.469 e. The van der Waals surface area contributed by atoms with Crippen LogP contribution in [0.4, 0.5) is 11.4 Å². The third kappa shape index (κ3) is 4.62. The van der Waals surface area contributed by atoms with E-state index in [0.717, 1.165) is 20.1 Å². The molecule has 0 fully saturated rings. The van der Waals surface area contributed by atoms with E-state index in [-0.39, 0.29) is 37.0 Å². The molecule has 1 amide bonds. The van der Waals surface area contributed by atoms with Gasteiger partial charge in [-0.2, -0.15) is 0 Å². The molecule has 1 heterocycles. The van der Waals surface area contributed by atoms with Crippen molar-refractivity contribution in [3.05, 3.63) is 69.3 Å². The summed E-state index contributed by atoms with van der Waals surface area (Å²) >= 11 is 7.21. The molecule has 1 aliphatic rings. The average molecular weight is 538 g/mol. The number of non-ortho nitro benzene ring substituents is 1. The number of nitro groups is 1. The molecule has 0 radical (unpaired) electrons. The molecule has 0 spiro atoms. The zero-order valence-corrected chi connectivity index (χ0v) is 19.2. The van der Waals surface area contributed by atoms with E-state index in [4.69, 9.17) is 0 Å². The normalized spacial score (nSPS) is 15.5. The Morgan fingerprint density at radius 1 is 1.10 bits per heavy atom. The van der Waals surface area contributed by atoms with Crippen molar-refractivity contribution in [1.82, 2.24) is 0 Å². The molecule has 156 valence electrons. The van der Waals surface area contributed by atoms with Gasteiger partial charge in [0.25, 0.3) is 5.69 Å². The number of esters is 1. The second-order valence-electron chi connectivity index (χ2n) is 6.65. The first-order valence-corrected chi connectivity index (χ1v) is 10.7. The molecule has 0 atom stereocenters. The van der Waals surface area contributed by atoms with Gasteiger partial charge in [0, 0.05) is 39.5 Å². The van der Waals surface area contributed by atoms with Gasteiger partial charge in [0.05, 0.1) is 24.3 Å². The summed E-state index contributed by atoms with van der Waals surface area (Å²) in [7, 11) is 1.31. The van der Waals surface area contributed by atoms with Crippen LogP contribution in [0.2, 0.25) is 0 Å². The summed E-state index contributed by atoms with van der Waals surface area (Å²) < 4.78 is 6.12. The van der Waals surface area contributed by atoms with Gasteiger partial charge in [0.2, 0.25) is 5.91 Å². The molecule has 0 bridgehead atoms. The van der Waals surface area contributed by atoms with Crippen LogP contribution in [0.25, 0.3) is 8.96 Å². The van der Waals surface area contributed by atoms with Crippen molar-refractivity contribution in [1.29, 1.82) is 0 Å². The van der Waals surface area contributed by atoms with Gasteiger partial charge in [-0.1, -0.05) is 18.2 Å². The Labute approximate surface area is 190 Å². The number of ether oxygens (including phenoxy) is 1. The maximum Gasteiger partial charge on any atom is 0.305 e. The smallest absolute Gasteiger partial charge is 0.305 e. The predicted octanol–water partition coefficient (Wildman–Crippen LogP) is 5.40. The molecule has 0 unspecified atom stereocenters. The quantitative estimate of drug-likeness (QED) is 0.289. The maximum atomic E-state index is 13.1. The summed E-state index contributed by atoms with van der Waals surface area (Å²) in [6.45, 7) is 0.167. The number of nitro benzene ring substituents is 1. The van der Waals surface area contributed by atoms with Gasteiger partial charge >= 0.3 is 5.97 Å². The van der Waals surface area contributed by atoms with Crippen LogP contribution < -0.4 is 4.90 Å². The van der Waals surface area contributed by atoms with E-state index in [2.05, 4.69) is 36.6 Å². The second kappa shape index (κ2) is 9.53. The Hall–Kier alpha value is -2.52. The second-order valence-corrected chi connectivity index (χ2v) is 8.24. The molecule has 3 rings (SSSR count). The molecule has 7 nitrogen and oxygen atoms in total. The molecule has 0 saturated heterocycles. The third-order valence-electron chi connectivity index (χ3n) is 4.79. The number of amides is 1. The lowest BCUT2D eigenvalue weighted by Crippen LogP contribution is -2.32. The molecule has 0 aliphatic carbocycles. The van der Waals surface area contributed by atoms with Crippen LogP contribution in [-0.2, 0) is 20.9 Å². The first kappa shape index (κ1) is 22.2. The molecule has 0 N–H and O–H groups in total. The number of carbonyl (C=O) groups is 2.